The van der Waals surface area contributed by atoms with E-state index in [1.54, 1.807) is 54.8 Å². The fourth-order valence-electron chi connectivity index (χ4n) is 5.20. The zero-order chi connectivity index (χ0) is 31.1. The van der Waals surface area contributed by atoms with E-state index in [1.807, 2.05) is 0 Å². The summed E-state index contributed by atoms with van der Waals surface area (Å²) in [7, 11) is 0. The van der Waals surface area contributed by atoms with Crippen molar-refractivity contribution in [3.63, 3.8) is 0 Å². The molecule has 3 heterocycles. The number of aliphatic hydroxyl groups is 1. The van der Waals surface area contributed by atoms with Crippen LogP contribution in [0.25, 0.3) is 10.9 Å². The van der Waals surface area contributed by atoms with E-state index in [2.05, 4.69) is 10.3 Å². The normalized spacial score (nSPS) is 19.2. The molecule has 0 radical (unpaired) electrons. The maximum atomic E-state index is 13.6. The molecular weight excluding hydrogens is 581 g/mol. The van der Waals surface area contributed by atoms with Gasteiger partial charge in [-0.25, -0.2) is 9.18 Å². The molecule has 43 heavy (non-hydrogen) atoms. The van der Waals surface area contributed by atoms with Crippen molar-refractivity contribution in [3.05, 3.63) is 64.6 Å². The van der Waals surface area contributed by atoms with E-state index in [0.29, 0.717) is 54.0 Å². The molecule has 228 valence electrons. The average molecular weight is 614 g/mol. The number of H-pyrrole nitrogens is 1. The van der Waals surface area contributed by atoms with Gasteiger partial charge < -0.3 is 34.8 Å². The van der Waals surface area contributed by atoms with Gasteiger partial charge in [-0.2, -0.15) is 0 Å². The van der Waals surface area contributed by atoms with Gasteiger partial charge in [-0.15, -0.1) is 0 Å². The van der Waals surface area contributed by atoms with E-state index in [9.17, 15) is 28.7 Å². The third-order valence-electron chi connectivity index (χ3n) is 7.41. The van der Waals surface area contributed by atoms with Crippen molar-refractivity contribution in [3.8, 4) is 0 Å². The van der Waals surface area contributed by atoms with Crippen molar-refractivity contribution in [1.29, 1.82) is 0 Å². The summed E-state index contributed by atoms with van der Waals surface area (Å²) < 4.78 is 19.0. The summed E-state index contributed by atoms with van der Waals surface area (Å²) in [5.41, 5.74) is -1.00. The van der Waals surface area contributed by atoms with E-state index in [1.165, 1.54) is 17.0 Å². The van der Waals surface area contributed by atoms with Crippen LogP contribution in [-0.4, -0.2) is 87.6 Å². The van der Waals surface area contributed by atoms with E-state index in [-0.39, 0.29) is 30.4 Å². The molecule has 0 bridgehead atoms. The predicted molar refractivity (Wildman–Crippen MR) is 157 cm³/mol. The van der Waals surface area contributed by atoms with Gasteiger partial charge in [-0.1, -0.05) is 11.6 Å². The minimum absolute atomic E-state index is 0.0954. The van der Waals surface area contributed by atoms with E-state index in [4.69, 9.17) is 16.3 Å². The van der Waals surface area contributed by atoms with E-state index in [0.717, 1.165) is 6.07 Å². The second-order valence-corrected chi connectivity index (χ2v) is 12.2. The molecule has 2 aromatic carbocycles. The number of halogens is 2. The Kier molecular flexibility index (Phi) is 8.10. The summed E-state index contributed by atoms with van der Waals surface area (Å²) in [6, 6.07) is 10.6. The molecule has 5 rings (SSSR count). The summed E-state index contributed by atoms with van der Waals surface area (Å²) in [5, 5.41) is 14.3. The number of piperazine rings is 1. The molecular formula is C30H33ClFN5O6. The summed E-state index contributed by atoms with van der Waals surface area (Å²) in [6.45, 7) is 6.81. The van der Waals surface area contributed by atoms with Crippen LogP contribution in [-0.2, 0) is 20.9 Å². The second kappa shape index (κ2) is 11.5. The van der Waals surface area contributed by atoms with Crippen molar-refractivity contribution < 1.29 is 33.4 Å². The number of nitrogens with one attached hydrogen (secondary N) is 2. The van der Waals surface area contributed by atoms with Gasteiger partial charge in [0.2, 0.25) is 5.60 Å². The van der Waals surface area contributed by atoms with Crippen LogP contribution in [0, 0.1) is 5.82 Å². The Hall–Kier alpha value is -4.16. The molecule has 2 aliphatic heterocycles. The van der Waals surface area contributed by atoms with Gasteiger partial charge >= 0.3 is 6.09 Å². The molecule has 2 fully saturated rings. The molecule has 0 unspecified atom stereocenters. The maximum Gasteiger partial charge on any atom is 0.410 e. The van der Waals surface area contributed by atoms with Gasteiger partial charge in [0, 0.05) is 67.3 Å². The number of benzene rings is 2. The predicted octanol–water partition coefficient (Wildman–Crippen LogP) is 3.44. The van der Waals surface area contributed by atoms with Crippen LogP contribution in [0.15, 0.2) is 42.5 Å². The fraction of sp³-hybridized carbons (Fsp3) is 0.400. The van der Waals surface area contributed by atoms with Crippen LogP contribution >= 0.6 is 11.6 Å². The largest absolute Gasteiger partial charge is 0.444 e. The number of ether oxygens (including phenoxy) is 1. The monoisotopic (exact) mass is 613 g/mol. The lowest BCUT2D eigenvalue weighted by Gasteiger charge is -2.35. The standard InChI is InChI=1S/C30H33ClFN5O6/c1-29(2,3)43-28(41)36-10-8-35(9-11-36)25(38)24-15-19-14-22(4-5-23(19)34-24)37-7-6-30(42,27(37)40)26(39)33-17-18-12-20(31)16-21(32)13-18/h4-5,12-16,34,42H,6-11,17H2,1-3H3,(H,33,39)/t30-/m0/s1. The summed E-state index contributed by atoms with van der Waals surface area (Å²) >= 11 is 5.86. The Morgan fingerprint density at radius 3 is 2.42 bits per heavy atom. The van der Waals surface area contributed by atoms with Crippen molar-refractivity contribution in [2.75, 3.05) is 37.6 Å². The number of carbonyl (C=O) groups excluding carboxylic acids is 4. The van der Waals surface area contributed by atoms with Gasteiger partial charge in [0.1, 0.15) is 17.1 Å². The molecule has 0 spiro atoms. The van der Waals surface area contributed by atoms with Crippen molar-refractivity contribution in [2.45, 2.75) is 44.9 Å². The van der Waals surface area contributed by atoms with E-state index >= 15 is 0 Å². The second-order valence-electron chi connectivity index (χ2n) is 11.7. The van der Waals surface area contributed by atoms with Gasteiger partial charge in [-0.05, 0) is 68.8 Å². The van der Waals surface area contributed by atoms with Gasteiger partial charge in [0.05, 0.1) is 0 Å². The Labute approximate surface area is 252 Å². The smallest absolute Gasteiger partial charge is 0.410 e. The van der Waals surface area contributed by atoms with Crippen molar-refractivity contribution in [1.82, 2.24) is 20.1 Å². The van der Waals surface area contributed by atoms with Crippen molar-refractivity contribution in [2.24, 2.45) is 0 Å². The van der Waals surface area contributed by atoms with E-state index < -0.39 is 34.9 Å². The summed E-state index contributed by atoms with van der Waals surface area (Å²) in [5.74, 6) is -2.45. The SMILES string of the molecule is CC(C)(C)OC(=O)N1CCN(C(=O)c2cc3cc(N4CC[C@](O)(C(=O)NCc5cc(F)cc(Cl)c5)C4=O)ccc3[nH]2)CC1. The first-order valence-electron chi connectivity index (χ1n) is 13.9. The third-order valence-corrected chi connectivity index (χ3v) is 7.63. The van der Waals surface area contributed by atoms with Gasteiger partial charge in [0.15, 0.2) is 0 Å². The summed E-state index contributed by atoms with van der Waals surface area (Å²) in [4.78, 5) is 59.3. The van der Waals surface area contributed by atoms with Gasteiger partial charge in [-0.3, -0.25) is 14.4 Å². The lowest BCUT2D eigenvalue weighted by Crippen LogP contribution is -2.52. The molecule has 3 N–H and O–H groups in total. The fourth-order valence-corrected chi connectivity index (χ4v) is 5.44. The number of amides is 4. The average Bonchev–Trinajstić information content (AvgIpc) is 3.50. The Morgan fingerprint density at radius 1 is 1.05 bits per heavy atom. The van der Waals surface area contributed by atoms with Gasteiger partial charge in [0.25, 0.3) is 17.7 Å². The van der Waals surface area contributed by atoms with Crippen LogP contribution in [0.4, 0.5) is 14.9 Å². The quantitative estimate of drug-likeness (QED) is 0.377. The molecule has 2 aliphatic rings. The lowest BCUT2D eigenvalue weighted by atomic mass is 10.0. The molecule has 1 aromatic heterocycles. The highest BCUT2D eigenvalue weighted by molar-refractivity contribution is 6.30. The third kappa shape index (κ3) is 6.45. The zero-order valence-electron chi connectivity index (χ0n) is 24.1. The van der Waals surface area contributed by atoms with Crippen molar-refractivity contribution >= 4 is 52.0 Å². The molecule has 4 amide bonds. The number of hydrogen-bond donors (Lipinski definition) is 3. The van der Waals surface area contributed by atoms with Crippen LogP contribution in [0.1, 0.15) is 43.2 Å². The Bertz CT molecular complexity index is 1580. The number of rotatable bonds is 5. The highest BCUT2D eigenvalue weighted by Gasteiger charge is 2.51. The first kappa shape index (κ1) is 30.3. The maximum absolute atomic E-state index is 13.6. The molecule has 3 aromatic rings. The molecule has 1 atom stereocenters. The highest BCUT2D eigenvalue weighted by Crippen LogP contribution is 2.31. The minimum atomic E-state index is -2.28. The number of carbonyl (C=O) groups is 4. The lowest BCUT2D eigenvalue weighted by molar-refractivity contribution is -0.149. The van der Waals surface area contributed by atoms with Crippen LogP contribution in [0.5, 0.6) is 0 Å². The molecule has 0 aliphatic carbocycles. The first-order valence-corrected chi connectivity index (χ1v) is 14.3. The number of hydrogen-bond acceptors (Lipinski definition) is 6. The number of aromatic amines is 1. The first-order chi connectivity index (χ1) is 20.2. The molecule has 11 nitrogen and oxygen atoms in total. The Morgan fingerprint density at radius 2 is 1.74 bits per heavy atom. The summed E-state index contributed by atoms with van der Waals surface area (Å²) in [6.07, 6.45) is -0.541. The number of nitrogens with zero attached hydrogens (tertiary/aromatic N) is 3. The highest BCUT2D eigenvalue weighted by atomic mass is 35.5. The number of aromatic nitrogens is 1. The number of fused-ring (bicyclic) bond motifs is 1. The molecule has 2 saturated heterocycles. The minimum Gasteiger partial charge on any atom is -0.444 e. The number of anilines is 1. The molecule has 13 heteroatoms. The molecule has 0 saturated carbocycles. The van der Waals surface area contributed by atoms with Crippen LogP contribution in [0.2, 0.25) is 5.02 Å². The zero-order valence-corrected chi connectivity index (χ0v) is 24.8. The van der Waals surface area contributed by atoms with Crippen LogP contribution < -0.4 is 10.2 Å². The Balaban J connectivity index is 1.23. The topological polar surface area (TPSA) is 135 Å². The van der Waals surface area contributed by atoms with Crippen LogP contribution in [0.3, 0.4) is 0 Å².